The number of rotatable bonds is 5. The van der Waals surface area contributed by atoms with Crippen LogP contribution in [-0.2, 0) is 6.54 Å². The molecule has 1 aromatic rings. The van der Waals surface area contributed by atoms with Crippen molar-refractivity contribution in [2.24, 2.45) is 0 Å². The topological polar surface area (TPSA) is 24.9 Å². The number of hydrogen-bond donors (Lipinski definition) is 1. The lowest BCUT2D eigenvalue weighted by Gasteiger charge is -2.42. The third kappa shape index (κ3) is 2.83. The van der Waals surface area contributed by atoms with Crippen LogP contribution in [0.2, 0.25) is 0 Å². The molecule has 0 unspecified atom stereocenters. The van der Waals surface area contributed by atoms with E-state index in [-0.39, 0.29) is 12.4 Å². The summed E-state index contributed by atoms with van der Waals surface area (Å²) in [5, 5.41) is 7.33. The minimum atomic E-state index is 0. The molecule has 0 bridgehead atoms. The van der Waals surface area contributed by atoms with Crippen LogP contribution in [0.1, 0.15) is 62.1 Å². The van der Waals surface area contributed by atoms with E-state index in [2.05, 4.69) is 17.6 Å². The molecule has 1 aromatic heterocycles. The molecule has 2 aliphatic rings. The molecule has 1 N–H and O–H groups in total. The zero-order valence-electron chi connectivity index (χ0n) is 10.4. The standard InChI is InChI=1S/C13H20N2S.ClH/c1-2-13(6-3-7-13)14-8-11-9-16-12(15-11)10-4-5-10;/h9-10,14H,2-8H2,1H3;1H. The summed E-state index contributed by atoms with van der Waals surface area (Å²) in [6.07, 6.45) is 8.07. The van der Waals surface area contributed by atoms with Crippen molar-refractivity contribution in [3.63, 3.8) is 0 Å². The quantitative estimate of drug-likeness (QED) is 0.880. The van der Waals surface area contributed by atoms with Gasteiger partial charge >= 0.3 is 0 Å². The molecule has 4 heteroatoms. The van der Waals surface area contributed by atoms with Crippen LogP contribution in [0.15, 0.2) is 5.38 Å². The molecule has 0 aliphatic heterocycles. The molecule has 0 spiro atoms. The van der Waals surface area contributed by atoms with E-state index in [0.29, 0.717) is 5.54 Å². The maximum atomic E-state index is 4.72. The number of aromatic nitrogens is 1. The maximum absolute atomic E-state index is 4.72. The first-order valence-electron chi connectivity index (χ1n) is 6.51. The third-order valence-electron chi connectivity index (χ3n) is 4.13. The van der Waals surface area contributed by atoms with E-state index in [1.54, 1.807) is 0 Å². The van der Waals surface area contributed by atoms with Crippen LogP contribution in [0.3, 0.4) is 0 Å². The molecule has 3 rings (SSSR count). The molecule has 96 valence electrons. The van der Waals surface area contributed by atoms with E-state index in [9.17, 15) is 0 Å². The molecule has 0 saturated heterocycles. The van der Waals surface area contributed by atoms with Gasteiger partial charge in [0.25, 0.3) is 0 Å². The van der Waals surface area contributed by atoms with E-state index in [4.69, 9.17) is 4.98 Å². The highest BCUT2D eigenvalue weighted by atomic mass is 35.5. The van der Waals surface area contributed by atoms with Crippen LogP contribution in [0.5, 0.6) is 0 Å². The number of nitrogens with one attached hydrogen (secondary N) is 1. The number of hydrogen-bond acceptors (Lipinski definition) is 3. The zero-order chi connectivity index (χ0) is 11.0. The second-order valence-corrected chi connectivity index (χ2v) is 6.18. The lowest BCUT2D eigenvalue weighted by molar-refractivity contribution is 0.175. The molecule has 0 radical (unpaired) electrons. The van der Waals surface area contributed by atoms with Gasteiger partial charge in [-0.25, -0.2) is 4.98 Å². The molecule has 17 heavy (non-hydrogen) atoms. The monoisotopic (exact) mass is 272 g/mol. The predicted molar refractivity (Wildman–Crippen MR) is 75.0 cm³/mol. The van der Waals surface area contributed by atoms with Crippen molar-refractivity contribution in [3.05, 3.63) is 16.1 Å². The zero-order valence-corrected chi connectivity index (χ0v) is 12.0. The number of nitrogens with zero attached hydrogens (tertiary/aromatic N) is 1. The van der Waals surface area contributed by atoms with Gasteiger partial charge in [-0.05, 0) is 38.5 Å². The van der Waals surface area contributed by atoms with Gasteiger partial charge in [-0.2, -0.15) is 0 Å². The van der Waals surface area contributed by atoms with E-state index in [1.165, 1.54) is 49.2 Å². The average Bonchev–Trinajstić information content (AvgIpc) is 2.98. The Kier molecular flexibility index (Phi) is 4.11. The molecule has 0 amide bonds. The molecule has 1 heterocycles. The summed E-state index contributed by atoms with van der Waals surface area (Å²) in [6, 6.07) is 0. The van der Waals surface area contributed by atoms with Gasteiger partial charge in [0.2, 0.25) is 0 Å². The van der Waals surface area contributed by atoms with E-state index in [0.717, 1.165) is 12.5 Å². The lowest BCUT2D eigenvalue weighted by atomic mass is 9.75. The van der Waals surface area contributed by atoms with E-state index >= 15 is 0 Å². The summed E-state index contributed by atoms with van der Waals surface area (Å²) in [5.74, 6) is 0.808. The second-order valence-electron chi connectivity index (χ2n) is 5.29. The molecular weight excluding hydrogens is 252 g/mol. The first kappa shape index (κ1) is 13.3. The summed E-state index contributed by atoms with van der Waals surface area (Å²) in [5.41, 5.74) is 1.70. The summed E-state index contributed by atoms with van der Waals surface area (Å²) in [7, 11) is 0. The van der Waals surface area contributed by atoms with Gasteiger partial charge in [-0.3, -0.25) is 0 Å². The summed E-state index contributed by atoms with van der Waals surface area (Å²) < 4.78 is 0. The highest BCUT2D eigenvalue weighted by Gasteiger charge is 2.34. The predicted octanol–water partition coefficient (Wildman–Crippen LogP) is 3.86. The summed E-state index contributed by atoms with van der Waals surface area (Å²) in [4.78, 5) is 4.72. The molecule has 2 aliphatic carbocycles. The Bertz CT molecular complexity index is 364. The highest BCUT2D eigenvalue weighted by Crippen LogP contribution is 2.41. The van der Waals surface area contributed by atoms with Gasteiger partial charge in [0.15, 0.2) is 0 Å². The molecule has 2 nitrogen and oxygen atoms in total. The van der Waals surface area contributed by atoms with Crippen LogP contribution >= 0.6 is 23.7 Å². The third-order valence-corrected chi connectivity index (χ3v) is 5.18. The fourth-order valence-corrected chi connectivity index (χ4v) is 3.45. The molecule has 2 saturated carbocycles. The van der Waals surface area contributed by atoms with Gasteiger partial charge in [0.05, 0.1) is 10.7 Å². The normalized spacial score (nSPS) is 21.7. The Morgan fingerprint density at radius 2 is 2.24 bits per heavy atom. The minimum absolute atomic E-state index is 0. The smallest absolute Gasteiger partial charge is 0.0959 e. The largest absolute Gasteiger partial charge is 0.306 e. The Labute approximate surface area is 114 Å². The molecule has 0 aromatic carbocycles. The molecule has 0 atom stereocenters. The number of halogens is 1. The van der Waals surface area contributed by atoms with Gasteiger partial charge < -0.3 is 5.32 Å². The maximum Gasteiger partial charge on any atom is 0.0959 e. The van der Waals surface area contributed by atoms with Crippen molar-refractivity contribution in [1.29, 1.82) is 0 Å². The Morgan fingerprint density at radius 3 is 2.76 bits per heavy atom. The fourth-order valence-electron chi connectivity index (χ4n) is 2.46. The second kappa shape index (κ2) is 5.25. The van der Waals surface area contributed by atoms with Crippen LogP contribution in [0.4, 0.5) is 0 Å². The average molecular weight is 273 g/mol. The van der Waals surface area contributed by atoms with Gasteiger partial charge in [0, 0.05) is 23.4 Å². The Morgan fingerprint density at radius 1 is 1.47 bits per heavy atom. The van der Waals surface area contributed by atoms with Crippen molar-refractivity contribution in [2.75, 3.05) is 0 Å². The van der Waals surface area contributed by atoms with Crippen molar-refractivity contribution < 1.29 is 0 Å². The molecular formula is C13H21ClN2S. The van der Waals surface area contributed by atoms with Crippen LogP contribution in [0, 0.1) is 0 Å². The summed E-state index contributed by atoms with van der Waals surface area (Å²) in [6.45, 7) is 3.26. The van der Waals surface area contributed by atoms with E-state index in [1.807, 2.05) is 11.3 Å². The lowest BCUT2D eigenvalue weighted by Crippen LogP contribution is -2.49. The summed E-state index contributed by atoms with van der Waals surface area (Å²) >= 11 is 1.85. The van der Waals surface area contributed by atoms with Crippen LogP contribution in [0.25, 0.3) is 0 Å². The van der Waals surface area contributed by atoms with Gasteiger partial charge in [0.1, 0.15) is 0 Å². The fraction of sp³-hybridized carbons (Fsp3) is 0.769. The minimum Gasteiger partial charge on any atom is -0.306 e. The SMILES string of the molecule is CCC1(NCc2csc(C3CC3)n2)CCC1.Cl. The molecule has 2 fully saturated rings. The Balaban J connectivity index is 0.00000108. The van der Waals surface area contributed by atoms with Crippen molar-refractivity contribution >= 4 is 23.7 Å². The van der Waals surface area contributed by atoms with Crippen molar-refractivity contribution in [1.82, 2.24) is 10.3 Å². The first-order chi connectivity index (χ1) is 7.81. The van der Waals surface area contributed by atoms with Crippen molar-refractivity contribution in [2.45, 2.75) is 63.5 Å². The van der Waals surface area contributed by atoms with Gasteiger partial charge in [-0.1, -0.05) is 6.92 Å². The van der Waals surface area contributed by atoms with Crippen LogP contribution < -0.4 is 5.32 Å². The first-order valence-corrected chi connectivity index (χ1v) is 7.39. The van der Waals surface area contributed by atoms with Gasteiger partial charge in [-0.15, -0.1) is 23.7 Å². The van der Waals surface area contributed by atoms with Crippen molar-refractivity contribution in [3.8, 4) is 0 Å². The number of thiazole rings is 1. The Hall–Kier alpha value is -0.120. The van der Waals surface area contributed by atoms with Crippen LogP contribution in [-0.4, -0.2) is 10.5 Å². The van der Waals surface area contributed by atoms with E-state index < -0.39 is 0 Å². The highest BCUT2D eigenvalue weighted by molar-refractivity contribution is 7.09.